The van der Waals surface area contributed by atoms with Gasteiger partial charge in [-0.3, -0.25) is 0 Å². The molecule has 102 valence electrons. The van der Waals surface area contributed by atoms with Crippen molar-refractivity contribution in [3.8, 4) is 11.3 Å². The predicted octanol–water partition coefficient (Wildman–Crippen LogP) is 3.33. The highest BCUT2D eigenvalue weighted by atomic mass is 19.1. The molecule has 0 saturated heterocycles. The molecule has 3 rings (SSSR count). The van der Waals surface area contributed by atoms with Crippen LogP contribution < -0.4 is 0 Å². The number of methoxy groups -OCH3 is 1. The van der Waals surface area contributed by atoms with Crippen LogP contribution in [0.25, 0.3) is 16.9 Å². The molecule has 0 radical (unpaired) electrons. The van der Waals surface area contributed by atoms with E-state index in [1.54, 1.807) is 17.6 Å². The fourth-order valence-electron chi connectivity index (χ4n) is 2.17. The van der Waals surface area contributed by atoms with Crippen LogP contribution in [-0.2, 0) is 11.2 Å². The minimum atomic E-state index is -0.267. The molecule has 0 spiro atoms. The number of benzene rings is 1. The molecule has 1 aromatic carbocycles. The molecule has 0 aliphatic rings. The number of hydrogen-bond donors (Lipinski definition) is 0. The summed E-state index contributed by atoms with van der Waals surface area (Å²) in [6.45, 7) is 0.715. The Bertz CT molecular complexity index is 719. The van der Waals surface area contributed by atoms with Crippen molar-refractivity contribution in [1.82, 2.24) is 9.38 Å². The number of ether oxygens (including phenoxy) is 1. The lowest BCUT2D eigenvalue weighted by atomic mass is 10.1. The van der Waals surface area contributed by atoms with Gasteiger partial charge in [0.05, 0.1) is 12.3 Å². The second-order valence-corrected chi connectivity index (χ2v) is 4.68. The molecular formula is C16H15FN2O. The third-order valence-electron chi connectivity index (χ3n) is 3.26. The van der Waals surface area contributed by atoms with Gasteiger partial charge in [-0.2, -0.15) is 0 Å². The van der Waals surface area contributed by atoms with E-state index in [1.165, 1.54) is 17.8 Å². The Labute approximate surface area is 116 Å². The zero-order chi connectivity index (χ0) is 13.9. The summed E-state index contributed by atoms with van der Waals surface area (Å²) in [6, 6.07) is 11.3. The van der Waals surface area contributed by atoms with Crippen molar-refractivity contribution >= 4 is 5.65 Å². The van der Waals surface area contributed by atoms with E-state index in [1.807, 2.05) is 18.3 Å². The van der Waals surface area contributed by atoms with Crippen molar-refractivity contribution in [1.29, 1.82) is 0 Å². The number of halogens is 1. The Morgan fingerprint density at radius 1 is 1.10 bits per heavy atom. The number of pyridine rings is 1. The molecule has 2 aromatic heterocycles. The van der Waals surface area contributed by atoms with Gasteiger partial charge in [-0.05, 0) is 24.1 Å². The highest BCUT2D eigenvalue weighted by Gasteiger charge is 2.05. The SMILES string of the molecule is COCCc1ccc(-c2cn3cc(F)ccc3n2)cc1. The Morgan fingerprint density at radius 3 is 2.65 bits per heavy atom. The van der Waals surface area contributed by atoms with Gasteiger partial charge >= 0.3 is 0 Å². The molecule has 0 bridgehead atoms. The second kappa shape index (κ2) is 5.43. The molecule has 0 aliphatic heterocycles. The van der Waals surface area contributed by atoms with Gasteiger partial charge in [0, 0.05) is 25.1 Å². The quantitative estimate of drug-likeness (QED) is 0.727. The second-order valence-electron chi connectivity index (χ2n) is 4.68. The summed E-state index contributed by atoms with van der Waals surface area (Å²) in [5.74, 6) is -0.267. The lowest BCUT2D eigenvalue weighted by molar-refractivity contribution is 0.202. The van der Waals surface area contributed by atoms with Gasteiger partial charge in [-0.1, -0.05) is 24.3 Å². The van der Waals surface area contributed by atoms with E-state index in [2.05, 4.69) is 17.1 Å². The van der Waals surface area contributed by atoms with E-state index in [4.69, 9.17) is 4.74 Å². The molecule has 2 heterocycles. The maximum atomic E-state index is 13.2. The molecule has 3 aromatic rings. The fraction of sp³-hybridized carbons (Fsp3) is 0.188. The van der Waals surface area contributed by atoms with Gasteiger partial charge < -0.3 is 9.14 Å². The number of aromatic nitrogens is 2. The topological polar surface area (TPSA) is 26.5 Å². The number of imidazole rings is 1. The molecule has 0 aliphatic carbocycles. The van der Waals surface area contributed by atoms with Crippen molar-refractivity contribution < 1.29 is 9.13 Å². The van der Waals surface area contributed by atoms with Gasteiger partial charge in [-0.25, -0.2) is 9.37 Å². The van der Waals surface area contributed by atoms with Crippen LogP contribution in [0.2, 0.25) is 0 Å². The molecule has 3 nitrogen and oxygen atoms in total. The molecular weight excluding hydrogens is 255 g/mol. The Balaban J connectivity index is 1.90. The number of fused-ring (bicyclic) bond motifs is 1. The first-order valence-corrected chi connectivity index (χ1v) is 6.49. The van der Waals surface area contributed by atoms with E-state index in [-0.39, 0.29) is 5.82 Å². The molecule has 4 heteroatoms. The summed E-state index contributed by atoms with van der Waals surface area (Å²) in [6.07, 6.45) is 4.16. The smallest absolute Gasteiger partial charge is 0.139 e. The monoisotopic (exact) mass is 270 g/mol. The average Bonchev–Trinajstić information content (AvgIpc) is 2.88. The molecule has 0 saturated carbocycles. The lowest BCUT2D eigenvalue weighted by Gasteiger charge is -2.01. The highest BCUT2D eigenvalue weighted by Crippen LogP contribution is 2.20. The Morgan fingerprint density at radius 2 is 1.90 bits per heavy atom. The summed E-state index contributed by atoms with van der Waals surface area (Å²) in [5, 5.41) is 0. The van der Waals surface area contributed by atoms with Crippen molar-refractivity contribution in [3.05, 3.63) is 60.2 Å². The normalized spacial score (nSPS) is 11.1. The first kappa shape index (κ1) is 12.8. The Hall–Kier alpha value is -2.20. The predicted molar refractivity (Wildman–Crippen MR) is 76.2 cm³/mol. The highest BCUT2D eigenvalue weighted by molar-refractivity contribution is 5.62. The van der Waals surface area contributed by atoms with Gasteiger partial charge in [-0.15, -0.1) is 0 Å². The van der Waals surface area contributed by atoms with Gasteiger partial charge in [0.1, 0.15) is 11.5 Å². The molecule has 0 atom stereocenters. The Kier molecular flexibility index (Phi) is 3.48. The minimum absolute atomic E-state index is 0.267. The summed E-state index contributed by atoms with van der Waals surface area (Å²) < 4.78 is 19.9. The maximum absolute atomic E-state index is 13.2. The van der Waals surface area contributed by atoms with Gasteiger partial charge in [0.25, 0.3) is 0 Å². The maximum Gasteiger partial charge on any atom is 0.139 e. The molecule has 0 N–H and O–H groups in total. The first-order valence-electron chi connectivity index (χ1n) is 6.49. The lowest BCUT2D eigenvalue weighted by Crippen LogP contribution is -1.93. The van der Waals surface area contributed by atoms with Crippen LogP contribution in [-0.4, -0.2) is 23.1 Å². The number of hydrogen-bond acceptors (Lipinski definition) is 2. The van der Waals surface area contributed by atoms with E-state index in [9.17, 15) is 4.39 Å². The third kappa shape index (κ3) is 2.56. The summed E-state index contributed by atoms with van der Waals surface area (Å²) in [5.41, 5.74) is 3.83. The largest absolute Gasteiger partial charge is 0.384 e. The van der Waals surface area contributed by atoms with Crippen LogP contribution >= 0.6 is 0 Å². The van der Waals surface area contributed by atoms with Crippen molar-refractivity contribution in [3.63, 3.8) is 0 Å². The summed E-state index contributed by atoms with van der Waals surface area (Å²) >= 11 is 0. The van der Waals surface area contributed by atoms with E-state index < -0.39 is 0 Å². The minimum Gasteiger partial charge on any atom is -0.384 e. The zero-order valence-corrected chi connectivity index (χ0v) is 11.2. The third-order valence-corrected chi connectivity index (χ3v) is 3.26. The van der Waals surface area contributed by atoms with Crippen molar-refractivity contribution in [2.45, 2.75) is 6.42 Å². The molecule has 20 heavy (non-hydrogen) atoms. The zero-order valence-electron chi connectivity index (χ0n) is 11.2. The van der Waals surface area contributed by atoms with E-state index in [0.29, 0.717) is 6.61 Å². The van der Waals surface area contributed by atoms with Crippen LogP contribution in [0, 0.1) is 5.82 Å². The fourth-order valence-corrected chi connectivity index (χ4v) is 2.17. The van der Waals surface area contributed by atoms with Gasteiger partial charge in [0.15, 0.2) is 0 Å². The van der Waals surface area contributed by atoms with Gasteiger partial charge in [0.2, 0.25) is 0 Å². The summed E-state index contributed by atoms with van der Waals surface area (Å²) in [4.78, 5) is 4.49. The molecule has 0 unspecified atom stereocenters. The standard InChI is InChI=1S/C16H15FN2O/c1-20-9-8-12-2-4-13(5-3-12)15-11-19-10-14(17)6-7-16(19)18-15/h2-7,10-11H,8-9H2,1H3. The van der Waals surface area contributed by atoms with Crippen LogP contribution in [0.3, 0.4) is 0 Å². The molecule has 0 fully saturated rings. The van der Waals surface area contributed by atoms with Crippen molar-refractivity contribution in [2.24, 2.45) is 0 Å². The average molecular weight is 270 g/mol. The molecule has 0 amide bonds. The van der Waals surface area contributed by atoms with Crippen LogP contribution in [0.15, 0.2) is 48.8 Å². The first-order chi connectivity index (χ1) is 9.76. The number of nitrogens with zero attached hydrogens (tertiary/aromatic N) is 2. The van der Waals surface area contributed by atoms with Crippen LogP contribution in [0.4, 0.5) is 4.39 Å². The van der Waals surface area contributed by atoms with E-state index >= 15 is 0 Å². The van der Waals surface area contributed by atoms with Crippen LogP contribution in [0.1, 0.15) is 5.56 Å². The van der Waals surface area contributed by atoms with Crippen molar-refractivity contribution in [2.75, 3.05) is 13.7 Å². The number of rotatable bonds is 4. The van der Waals surface area contributed by atoms with E-state index in [0.717, 1.165) is 23.3 Å². The van der Waals surface area contributed by atoms with Crippen LogP contribution in [0.5, 0.6) is 0 Å². The summed E-state index contributed by atoms with van der Waals surface area (Å²) in [7, 11) is 1.70.